The second-order valence-electron chi connectivity index (χ2n) is 5.08. The van der Waals surface area contributed by atoms with Crippen LogP contribution in [0, 0.1) is 5.82 Å². The van der Waals surface area contributed by atoms with Gasteiger partial charge in [0.1, 0.15) is 12.4 Å². The monoisotopic (exact) mass is 343 g/mol. The maximum Gasteiger partial charge on any atom is 0.267 e. The highest BCUT2D eigenvalue weighted by atomic mass is 32.1. The van der Waals surface area contributed by atoms with Crippen LogP contribution in [0.1, 0.15) is 4.88 Å². The fourth-order valence-corrected chi connectivity index (χ4v) is 2.77. The lowest BCUT2D eigenvalue weighted by Gasteiger charge is -2.08. The number of amides is 1. The van der Waals surface area contributed by atoms with Crippen molar-refractivity contribution in [3.8, 4) is 11.3 Å². The average molecular weight is 343 g/mol. The van der Waals surface area contributed by atoms with Gasteiger partial charge >= 0.3 is 0 Å². The van der Waals surface area contributed by atoms with Crippen LogP contribution in [-0.2, 0) is 17.9 Å². The van der Waals surface area contributed by atoms with E-state index in [9.17, 15) is 14.0 Å². The highest BCUT2D eigenvalue weighted by Gasteiger charge is 2.08. The summed E-state index contributed by atoms with van der Waals surface area (Å²) in [6.45, 7) is 0.252. The number of nitrogens with one attached hydrogen (secondary N) is 1. The second kappa shape index (κ2) is 7.18. The van der Waals surface area contributed by atoms with Crippen LogP contribution in [0.3, 0.4) is 0 Å². The van der Waals surface area contributed by atoms with E-state index in [-0.39, 0.29) is 23.8 Å². The van der Waals surface area contributed by atoms with Crippen LogP contribution in [-0.4, -0.2) is 15.7 Å². The number of halogens is 1. The van der Waals surface area contributed by atoms with Gasteiger partial charge in [0, 0.05) is 16.5 Å². The van der Waals surface area contributed by atoms with E-state index in [1.54, 1.807) is 29.5 Å². The Morgan fingerprint density at radius 3 is 2.67 bits per heavy atom. The largest absolute Gasteiger partial charge is 0.350 e. The Morgan fingerprint density at radius 2 is 1.96 bits per heavy atom. The molecule has 0 aliphatic carbocycles. The Bertz CT molecular complexity index is 889. The van der Waals surface area contributed by atoms with Crippen molar-refractivity contribution in [2.24, 2.45) is 0 Å². The fraction of sp³-hybridized carbons (Fsp3) is 0.118. The van der Waals surface area contributed by atoms with Gasteiger partial charge in [-0.15, -0.1) is 11.3 Å². The van der Waals surface area contributed by atoms with E-state index in [0.717, 1.165) is 9.56 Å². The van der Waals surface area contributed by atoms with Gasteiger partial charge in [-0.25, -0.2) is 9.07 Å². The lowest BCUT2D eigenvalue weighted by molar-refractivity contribution is -0.122. The molecule has 0 aliphatic rings. The molecule has 2 aromatic heterocycles. The third kappa shape index (κ3) is 3.94. The van der Waals surface area contributed by atoms with Crippen LogP contribution in [0.4, 0.5) is 4.39 Å². The molecule has 24 heavy (non-hydrogen) atoms. The van der Waals surface area contributed by atoms with E-state index in [4.69, 9.17) is 0 Å². The summed E-state index contributed by atoms with van der Waals surface area (Å²) in [6, 6.07) is 12.5. The number of carbonyl (C=O) groups is 1. The summed E-state index contributed by atoms with van der Waals surface area (Å²) in [5, 5.41) is 8.86. The van der Waals surface area contributed by atoms with Crippen LogP contribution in [0.5, 0.6) is 0 Å². The van der Waals surface area contributed by atoms with Gasteiger partial charge in [0.15, 0.2) is 0 Å². The van der Waals surface area contributed by atoms with Crippen molar-refractivity contribution in [3.63, 3.8) is 0 Å². The van der Waals surface area contributed by atoms with Gasteiger partial charge in [-0.05, 0) is 41.8 Å². The highest BCUT2D eigenvalue weighted by Crippen LogP contribution is 2.15. The summed E-state index contributed by atoms with van der Waals surface area (Å²) in [6.07, 6.45) is 0. The van der Waals surface area contributed by atoms with Gasteiger partial charge < -0.3 is 5.32 Å². The third-order valence-corrected chi connectivity index (χ3v) is 4.22. The first-order chi connectivity index (χ1) is 11.6. The fourth-order valence-electron chi connectivity index (χ4n) is 2.13. The van der Waals surface area contributed by atoms with E-state index >= 15 is 0 Å². The minimum Gasteiger partial charge on any atom is -0.350 e. The molecule has 0 atom stereocenters. The van der Waals surface area contributed by atoms with E-state index < -0.39 is 0 Å². The van der Waals surface area contributed by atoms with Gasteiger partial charge in [-0.2, -0.15) is 5.10 Å². The third-order valence-electron chi connectivity index (χ3n) is 3.34. The summed E-state index contributed by atoms with van der Waals surface area (Å²) in [5.74, 6) is -0.644. The summed E-state index contributed by atoms with van der Waals surface area (Å²) in [7, 11) is 0. The minimum absolute atomic E-state index is 0.167. The SMILES string of the molecule is O=C(Cn1nc(-c2ccc(F)cc2)ccc1=O)NCc1cccs1. The zero-order valence-corrected chi connectivity index (χ0v) is 13.4. The number of hydrogen-bond donors (Lipinski definition) is 1. The standard InChI is InChI=1S/C17H14FN3O2S/c18-13-5-3-12(4-6-13)15-7-8-17(23)21(20-15)11-16(22)19-10-14-2-1-9-24-14/h1-9H,10-11H2,(H,19,22). The number of carbonyl (C=O) groups excluding carboxylic acids is 1. The molecule has 0 spiro atoms. The van der Waals surface area contributed by atoms with Crippen LogP contribution >= 0.6 is 11.3 Å². The van der Waals surface area contributed by atoms with Crippen LogP contribution < -0.4 is 10.9 Å². The lowest BCUT2D eigenvalue weighted by atomic mass is 10.1. The van der Waals surface area contributed by atoms with E-state index in [2.05, 4.69) is 10.4 Å². The lowest BCUT2D eigenvalue weighted by Crippen LogP contribution is -2.33. The van der Waals surface area contributed by atoms with Gasteiger partial charge in [-0.1, -0.05) is 6.07 Å². The van der Waals surface area contributed by atoms with Gasteiger partial charge in [-0.3, -0.25) is 9.59 Å². The first-order valence-electron chi connectivity index (χ1n) is 7.25. The Morgan fingerprint density at radius 1 is 1.17 bits per heavy atom. The highest BCUT2D eigenvalue weighted by molar-refractivity contribution is 7.09. The Balaban J connectivity index is 1.73. The molecule has 122 valence electrons. The quantitative estimate of drug-likeness (QED) is 0.774. The molecule has 2 heterocycles. The van der Waals surface area contributed by atoms with Gasteiger partial charge in [0.2, 0.25) is 5.91 Å². The minimum atomic E-state index is -0.368. The molecule has 0 fully saturated rings. The van der Waals surface area contributed by atoms with Crippen molar-refractivity contribution in [2.45, 2.75) is 13.1 Å². The summed E-state index contributed by atoms with van der Waals surface area (Å²) in [5.41, 5.74) is 0.803. The zero-order chi connectivity index (χ0) is 16.9. The van der Waals surface area contributed by atoms with Crippen molar-refractivity contribution >= 4 is 17.2 Å². The maximum absolute atomic E-state index is 13.0. The molecular formula is C17H14FN3O2S. The first-order valence-corrected chi connectivity index (χ1v) is 8.13. The van der Waals surface area contributed by atoms with E-state index in [1.165, 1.54) is 18.2 Å². The molecule has 0 aliphatic heterocycles. The van der Waals surface area contributed by atoms with Crippen LogP contribution in [0.15, 0.2) is 58.7 Å². The Labute approximate surface area is 141 Å². The molecule has 0 radical (unpaired) electrons. The molecule has 1 N–H and O–H groups in total. The van der Waals surface area contributed by atoms with Crippen molar-refractivity contribution in [2.75, 3.05) is 0 Å². The number of nitrogens with zero attached hydrogens (tertiary/aromatic N) is 2. The molecule has 3 rings (SSSR count). The molecule has 3 aromatic rings. The topological polar surface area (TPSA) is 64.0 Å². The molecule has 0 unspecified atom stereocenters. The molecule has 1 aromatic carbocycles. The molecule has 1 amide bonds. The average Bonchev–Trinajstić information content (AvgIpc) is 3.09. The molecular weight excluding hydrogens is 329 g/mol. The number of aromatic nitrogens is 2. The van der Waals surface area contributed by atoms with Gasteiger partial charge in [0.25, 0.3) is 5.56 Å². The molecule has 5 nitrogen and oxygen atoms in total. The molecule has 7 heteroatoms. The predicted octanol–water partition coefficient (Wildman–Crippen LogP) is 2.43. The number of hydrogen-bond acceptors (Lipinski definition) is 4. The number of rotatable bonds is 5. The Hall–Kier alpha value is -2.80. The maximum atomic E-state index is 13.0. The summed E-state index contributed by atoms with van der Waals surface area (Å²) >= 11 is 1.55. The van der Waals surface area contributed by atoms with Crippen molar-refractivity contribution in [3.05, 3.63) is 75.0 Å². The van der Waals surface area contributed by atoms with Crippen molar-refractivity contribution < 1.29 is 9.18 Å². The normalized spacial score (nSPS) is 10.5. The van der Waals surface area contributed by atoms with Crippen molar-refractivity contribution in [1.82, 2.24) is 15.1 Å². The number of benzene rings is 1. The van der Waals surface area contributed by atoms with Gasteiger partial charge in [0.05, 0.1) is 12.2 Å². The smallest absolute Gasteiger partial charge is 0.267 e. The number of thiophene rings is 1. The van der Waals surface area contributed by atoms with Crippen LogP contribution in [0.2, 0.25) is 0 Å². The van der Waals surface area contributed by atoms with E-state index in [1.807, 2.05) is 17.5 Å². The summed E-state index contributed by atoms with van der Waals surface area (Å²) < 4.78 is 14.1. The second-order valence-corrected chi connectivity index (χ2v) is 6.11. The van der Waals surface area contributed by atoms with Crippen LogP contribution in [0.25, 0.3) is 11.3 Å². The molecule has 0 saturated heterocycles. The predicted molar refractivity (Wildman–Crippen MR) is 90.1 cm³/mol. The molecule has 0 bridgehead atoms. The van der Waals surface area contributed by atoms with Crippen molar-refractivity contribution in [1.29, 1.82) is 0 Å². The summed E-state index contributed by atoms with van der Waals surface area (Å²) in [4.78, 5) is 24.9. The first kappa shape index (κ1) is 16.1. The Kier molecular flexibility index (Phi) is 4.81. The van der Waals surface area contributed by atoms with E-state index in [0.29, 0.717) is 17.8 Å². The zero-order valence-electron chi connectivity index (χ0n) is 12.6. The molecule has 0 saturated carbocycles.